The number of hydrogen-bond acceptors (Lipinski definition) is 5. The molecule has 0 aromatic heterocycles. The fraction of sp³-hybridized carbons (Fsp3) is 0.263. The summed E-state index contributed by atoms with van der Waals surface area (Å²) in [5.41, 5.74) is -0.369. The maximum atomic E-state index is 13.9. The van der Waals surface area contributed by atoms with Crippen LogP contribution in [0.1, 0.15) is 23.2 Å². The summed E-state index contributed by atoms with van der Waals surface area (Å²) in [6.45, 7) is 1.42. The fourth-order valence-electron chi connectivity index (χ4n) is 2.91. The highest BCUT2D eigenvalue weighted by Gasteiger charge is 2.22. The highest BCUT2D eigenvalue weighted by molar-refractivity contribution is 8.00. The van der Waals surface area contributed by atoms with E-state index in [0.29, 0.717) is 13.1 Å². The highest BCUT2D eigenvalue weighted by Crippen LogP contribution is 2.31. The van der Waals surface area contributed by atoms with Gasteiger partial charge in [0.15, 0.2) is 0 Å². The zero-order valence-corrected chi connectivity index (χ0v) is 16.8. The Morgan fingerprint density at radius 2 is 1.93 bits per heavy atom. The molecule has 1 aliphatic heterocycles. The monoisotopic (exact) mass is 437 g/mol. The number of halogens is 2. The molecule has 0 unspecified atom stereocenters. The summed E-state index contributed by atoms with van der Waals surface area (Å²) in [6.07, 6.45) is 1.93. The summed E-state index contributed by atoms with van der Waals surface area (Å²) in [7, 11) is 0. The van der Waals surface area contributed by atoms with Gasteiger partial charge in [0.2, 0.25) is 5.91 Å². The molecule has 0 radical (unpaired) electrons. The van der Waals surface area contributed by atoms with Gasteiger partial charge in [-0.15, -0.1) is 11.8 Å². The second kappa shape index (κ2) is 9.23. The Kier molecular flexibility index (Phi) is 6.71. The number of carbonyl (C=O) groups is 2. The average molecular weight is 438 g/mol. The van der Waals surface area contributed by atoms with E-state index in [9.17, 15) is 24.1 Å². The Morgan fingerprint density at radius 1 is 1.21 bits per heavy atom. The van der Waals surface area contributed by atoms with Crippen LogP contribution >= 0.6 is 23.4 Å². The van der Waals surface area contributed by atoms with Crippen LogP contribution in [0.4, 0.5) is 15.8 Å². The first kappa shape index (κ1) is 21.1. The predicted octanol–water partition coefficient (Wildman–Crippen LogP) is 4.35. The van der Waals surface area contributed by atoms with E-state index in [0.717, 1.165) is 36.7 Å². The largest absolute Gasteiger partial charge is 0.342 e. The Balaban J connectivity index is 1.73. The van der Waals surface area contributed by atoms with Crippen molar-refractivity contribution in [3.05, 3.63) is 62.9 Å². The predicted molar refractivity (Wildman–Crippen MR) is 109 cm³/mol. The number of carbonyl (C=O) groups excluding carboxylic acids is 2. The fourth-order valence-corrected chi connectivity index (χ4v) is 3.97. The number of nitrogens with one attached hydrogen (secondary N) is 1. The van der Waals surface area contributed by atoms with Gasteiger partial charge < -0.3 is 10.2 Å². The van der Waals surface area contributed by atoms with Crippen molar-refractivity contribution < 1.29 is 18.9 Å². The number of amides is 2. The Labute approximate surface area is 175 Å². The van der Waals surface area contributed by atoms with Crippen LogP contribution < -0.4 is 5.32 Å². The molecule has 7 nitrogen and oxygen atoms in total. The van der Waals surface area contributed by atoms with Gasteiger partial charge in [-0.3, -0.25) is 19.7 Å². The van der Waals surface area contributed by atoms with Gasteiger partial charge in [0.05, 0.1) is 21.3 Å². The van der Waals surface area contributed by atoms with Crippen LogP contribution in [0.3, 0.4) is 0 Å². The Morgan fingerprint density at radius 3 is 2.59 bits per heavy atom. The molecule has 0 atom stereocenters. The van der Waals surface area contributed by atoms with E-state index >= 15 is 0 Å². The van der Waals surface area contributed by atoms with Crippen molar-refractivity contribution in [3.8, 4) is 0 Å². The standard InChI is InChI=1S/C19H17ClFN3O4S/c20-13-4-5-15(14(21)10-13)22-19(26)12-3-6-17(16(9-12)24(27)28)29-11-18(25)23-7-1-2-8-23/h3-6,9-10H,1-2,7-8,11H2,(H,22,26). The summed E-state index contributed by atoms with van der Waals surface area (Å²) in [6, 6.07) is 7.71. The molecule has 0 bridgehead atoms. The third kappa shape index (κ3) is 5.24. The normalized spacial score (nSPS) is 13.4. The summed E-state index contributed by atoms with van der Waals surface area (Å²) >= 11 is 6.74. The lowest BCUT2D eigenvalue weighted by atomic mass is 10.2. The molecular formula is C19H17ClFN3O4S. The lowest BCUT2D eigenvalue weighted by Crippen LogP contribution is -2.29. The number of nitrogens with zero attached hydrogens (tertiary/aromatic N) is 2. The van der Waals surface area contributed by atoms with Gasteiger partial charge in [0.25, 0.3) is 11.6 Å². The minimum absolute atomic E-state index is 0.00118. The molecule has 1 saturated heterocycles. The van der Waals surface area contributed by atoms with Gasteiger partial charge in [0, 0.05) is 29.7 Å². The zero-order valence-electron chi connectivity index (χ0n) is 15.2. The van der Waals surface area contributed by atoms with E-state index in [4.69, 9.17) is 11.6 Å². The van der Waals surface area contributed by atoms with Crippen molar-refractivity contribution in [3.63, 3.8) is 0 Å². The van der Waals surface area contributed by atoms with Crippen LogP contribution in [0.5, 0.6) is 0 Å². The van der Waals surface area contributed by atoms with E-state index < -0.39 is 16.6 Å². The Bertz CT molecular complexity index is 966. The molecule has 0 spiro atoms. The van der Waals surface area contributed by atoms with Crippen LogP contribution in [-0.2, 0) is 4.79 Å². The van der Waals surface area contributed by atoms with Crippen LogP contribution in [0.15, 0.2) is 41.3 Å². The summed E-state index contributed by atoms with van der Waals surface area (Å²) in [5.74, 6) is -1.39. The quantitative estimate of drug-likeness (QED) is 0.412. The maximum absolute atomic E-state index is 13.9. The second-order valence-electron chi connectivity index (χ2n) is 6.39. The van der Waals surface area contributed by atoms with Crippen molar-refractivity contribution in [2.75, 3.05) is 24.2 Å². The van der Waals surface area contributed by atoms with Gasteiger partial charge in [-0.1, -0.05) is 11.6 Å². The molecule has 152 valence electrons. The van der Waals surface area contributed by atoms with E-state index in [1.807, 2.05) is 0 Å². The molecule has 29 heavy (non-hydrogen) atoms. The van der Waals surface area contributed by atoms with Gasteiger partial charge in [-0.25, -0.2) is 4.39 Å². The number of nitro groups is 1. The van der Waals surface area contributed by atoms with Gasteiger partial charge >= 0.3 is 0 Å². The summed E-state index contributed by atoms with van der Waals surface area (Å²) < 4.78 is 13.9. The number of likely N-dealkylation sites (tertiary alicyclic amines) is 1. The smallest absolute Gasteiger partial charge is 0.283 e. The number of rotatable bonds is 6. The highest BCUT2D eigenvalue weighted by atomic mass is 35.5. The third-order valence-corrected chi connectivity index (χ3v) is 5.69. The number of benzene rings is 2. The minimum Gasteiger partial charge on any atom is -0.342 e. The number of hydrogen-bond donors (Lipinski definition) is 1. The molecule has 0 saturated carbocycles. The first-order chi connectivity index (χ1) is 13.8. The van der Waals surface area contributed by atoms with Crippen LogP contribution in [0, 0.1) is 15.9 Å². The second-order valence-corrected chi connectivity index (χ2v) is 7.85. The molecular weight excluding hydrogens is 421 g/mol. The molecule has 1 heterocycles. The van der Waals surface area contributed by atoms with Crippen molar-refractivity contribution in [2.45, 2.75) is 17.7 Å². The molecule has 10 heteroatoms. The molecule has 2 aromatic rings. The molecule has 1 fully saturated rings. The number of thioether (sulfide) groups is 1. The molecule has 1 aliphatic rings. The van der Waals surface area contributed by atoms with Crippen LogP contribution in [-0.4, -0.2) is 40.5 Å². The maximum Gasteiger partial charge on any atom is 0.283 e. The lowest BCUT2D eigenvalue weighted by Gasteiger charge is -2.14. The topological polar surface area (TPSA) is 92.6 Å². The van der Waals surface area contributed by atoms with Gasteiger partial charge in [-0.2, -0.15) is 0 Å². The SMILES string of the molecule is O=C(Nc1ccc(Cl)cc1F)c1ccc(SCC(=O)N2CCCC2)c([N+](=O)[O-])c1. The van der Waals surface area contributed by atoms with Gasteiger partial charge in [0.1, 0.15) is 5.82 Å². The minimum atomic E-state index is -0.715. The van der Waals surface area contributed by atoms with Gasteiger partial charge in [-0.05, 0) is 43.2 Å². The molecule has 1 N–H and O–H groups in total. The zero-order chi connectivity index (χ0) is 21.0. The van der Waals surface area contributed by atoms with E-state index in [-0.39, 0.29) is 38.5 Å². The summed E-state index contributed by atoms with van der Waals surface area (Å²) in [5, 5.41) is 14.0. The van der Waals surface area contributed by atoms with Crippen LogP contribution in [0.2, 0.25) is 5.02 Å². The van der Waals surface area contributed by atoms with Crippen molar-refractivity contribution in [2.24, 2.45) is 0 Å². The van der Waals surface area contributed by atoms with Crippen molar-refractivity contribution in [1.82, 2.24) is 4.90 Å². The number of nitro benzene ring substituents is 1. The van der Waals surface area contributed by atoms with E-state index in [2.05, 4.69) is 5.32 Å². The van der Waals surface area contributed by atoms with Crippen molar-refractivity contribution >= 4 is 46.6 Å². The third-order valence-electron chi connectivity index (χ3n) is 4.41. The first-order valence-electron chi connectivity index (χ1n) is 8.80. The average Bonchev–Trinajstić information content (AvgIpc) is 3.23. The summed E-state index contributed by atoms with van der Waals surface area (Å²) in [4.78, 5) is 37.4. The van der Waals surface area contributed by atoms with E-state index in [1.165, 1.54) is 24.3 Å². The first-order valence-corrected chi connectivity index (χ1v) is 10.2. The van der Waals surface area contributed by atoms with E-state index in [1.54, 1.807) is 4.90 Å². The lowest BCUT2D eigenvalue weighted by molar-refractivity contribution is -0.387. The molecule has 2 amide bonds. The number of anilines is 1. The molecule has 2 aromatic carbocycles. The van der Waals surface area contributed by atoms with Crippen molar-refractivity contribution in [1.29, 1.82) is 0 Å². The molecule has 0 aliphatic carbocycles. The Hall–Kier alpha value is -2.65. The van der Waals surface area contributed by atoms with Crippen LogP contribution in [0.25, 0.3) is 0 Å². The molecule has 3 rings (SSSR count).